The van der Waals surface area contributed by atoms with Crippen molar-refractivity contribution in [3.05, 3.63) is 66.5 Å². The standard InChI is InChI=1S/C17H13N3O/c1-12(21)13-7-4-9-16(19-13)17-10-5-8-15(20-17)14-6-2-3-11-18-14/h2-11H,1H3. The summed E-state index contributed by atoms with van der Waals surface area (Å²) >= 11 is 0. The number of carbonyl (C=O) groups is 1. The highest BCUT2D eigenvalue weighted by atomic mass is 16.1. The molecule has 0 bridgehead atoms. The van der Waals surface area contributed by atoms with Crippen molar-refractivity contribution >= 4 is 5.78 Å². The Kier molecular flexibility index (Phi) is 3.51. The van der Waals surface area contributed by atoms with E-state index in [2.05, 4.69) is 15.0 Å². The molecule has 102 valence electrons. The SMILES string of the molecule is CC(=O)c1cccc(-c2cccc(-c3ccccn3)n2)n1. The molecule has 0 aliphatic carbocycles. The molecule has 0 aromatic carbocycles. The molecule has 0 fully saturated rings. The van der Waals surface area contributed by atoms with Gasteiger partial charge in [-0.15, -0.1) is 0 Å². The molecule has 0 saturated heterocycles. The van der Waals surface area contributed by atoms with Crippen molar-refractivity contribution in [2.45, 2.75) is 6.92 Å². The maximum Gasteiger partial charge on any atom is 0.178 e. The van der Waals surface area contributed by atoms with Crippen molar-refractivity contribution < 1.29 is 4.79 Å². The van der Waals surface area contributed by atoms with Gasteiger partial charge >= 0.3 is 0 Å². The largest absolute Gasteiger partial charge is 0.293 e. The summed E-state index contributed by atoms with van der Waals surface area (Å²) in [5, 5.41) is 0. The second-order valence-electron chi connectivity index (χ2n) is 4.59. The first-order chi connectivity index (χ1) is 10.2. The van der Waals surface area contributed by atoms with E-state index in [0.717, 1.165) is 17.1 Å². The van der Waals surface area contributed by atoms with Crippen molar-refractivity contribution in [1.29, 1.82) is 0 Å². The number of hydrogen-bond acceptors (Lipinski definition) is 4. The molecule has 0 amide bonds. The molecule has 21 heavy (non-hydrogen) atoms. The van der Waals surface area contributed by atoms with Crippen LogP contribution in [0.1, 0.15) is 17.4 Å². The maximum atomic E-state index is 11.4. The summed E-state index contributed by atoms with van der Waals surface area (Å²) in [6.45, 7) is 1.50. The zero-order chi connectivity index (χ0) is 14.7. The molecule has 0 N–H and O–H groups in total. The van der Waals surface area contributed by atoms with E-state index in [-0.39, 0.29) is 5.78 Å². The van der Waals surface area contributed by atoms with Gasteiger partial charge in [-0.1, -0.05) is 18.2 Å². The van der Waals surface area contributed by atoms with E-state index >= 15 is 0 Å². The minimum atomic E-state index is -0.0577. The second kappa shape index (κ2) is 5.63. The number of pyridine rings is 3. The molecule has 4 nitrogen and oxygen atoms in total. The van der Waals surface area contributed by atoms with E-state index in [1.165, 1.54) is 6.92 Å². The second-order valence-corrected chi connectivity index (χ2v) is 4.59. The normalized spacial score (nSPS) is 10.3. The Bertz CT molecular complexity index is 785. The smallest absolute Gasteiger partial charge is 0.178 e. The number of aromatic nitrogens is 3. The summed E-state index contributed by atoms with van der Waals surface area (Å²) in [6.07, 6.45) is 1.73. The predicted octanol–water partition coefficient (Wildman–Crippen LogP) is 3.41. The molecule has 0 radical (unpaired) electrons. The van der Waals surface area contributed by atoms with Crippen LogP contribution < -0.4 is 0 Å². The Morgan fingerprint density at radius 2 is 1.38 bits per heavy atom. The van der Waals surface area contributed by atoms with Gasteiger partial charge in [0.1, 0.15) is 5.69 Å². The zero-order valence-electron chi connectivity index (χ0n) is 11.5. The van der Waals surface area contributed by atoms with Crippen molar-refractivity contribution in [3.63, 3.8) is 0 Å². The lowest BCUT2D eigenvalue weighted by Gasteiger charge is -2.05. The van der Waals surface area contributed by atoms with Gasteiger partial charge in [-0.3, -0.25) is 9.78 Å². The molecule has 3 aromatic heterocycles. The molecule has 3 aromatic rings. The van der Waals surface area contributed by atoms with Crippen LogP contribution in [0.15, 0.2) is 60.8 Å². The van der Waals surface area contributed by atoms with Crippen LogP contribution in [0.3, 0.4) is 0 Å². The quantitative estimate of drug-likeness (QED) is 0.687. The van der Waals surface area contributed by atoms with Gasteiger partial charge in [-0.25, -0.2) is 9.97 Å². The molecule has 0 spiro atoms. The fourth-order valence-corrected chi connectivity index (χ4v) is 2.01. The average molecular weight is 275 g/mol. The van der Waals surface area contributed by atoms with Crippen LogP contribution in [0, 0.1) is 0 Å². The summed E-state index contributed by atoms with van der Waals surface area (Å²) in [6, 6.07) is 16.7. The van der Waals surface area contributed by atoms with Crippen LogP contribution in [0.2, 0.25) is 0 Å². The lowest BCUT2D eigenvalue weighted by Crippen LogP contribution is -1.98. The monoisotopic (exact) mass is 275 g/mol. The number of ketones is 1. The van der Waals surface area contributed by atoms with Crippen LogP contribution >= 0.6 is 0 Å². The molecule has 0 aliphatic rings. The van der Waals surface area contributed by atoms with Crippen molar-refractivity contribution in [1.82, 2.24) is 15.0 Å². The zero-order valence-corrected chi connectivity index (χ0v) is 11.5. The number of Topliss-reactive ketones (excluding diaryl/α,β-unsaturated/α-hetero) is 1. The van der Waals surface area contributed by atoms with Gasteiger partial charge in [0.15, 0.2) is 5.78 Å². The molecule has 0 atom stereocenters. The first-order valence-corrected chi connectivity index (χ1v) is 6.61. The number of nitrogens with zero attached hydrogens (tertiary/aromatic N) is 3. The summed E-state index contributed by atoms with van der Waals surface area (Å²) in [7, 11) is 0. The highest BCUT2D eigenvalue weighted by Crippen LogP contribution is 2.20. The lowest BCUT2D eigenvalue weighted by molar-refractivity contribution is 0.101. The molecule has 3 heterocycles. The topological polar surface area (TPSA) is 55.7 Å². The number of carbonyl (C=O) groups excluding carboxylic acids is 1. The molecule has 4 heteroatoms. The molecular weight excluding hydrogens is 262 g/mol. The summed E-state index contributed by atoms with van der Waals surface area (Å²) in [5.41, 5.74) is 3.43. The van der Waals surface area contributed by atoms with Gasteiger partial charge < -0.3 is 0 Å². The molecule has 3 rings (SSSR count). The molecule has 0 aliphatic heterocycles. The van der Waals surface area contributed by atoms with Gasteiger partial charge in [0, 0.05) is 13.1 Å². The van der Waals surface area contributed by atoms with Crippen molar-refractivity contribution in [2.24, 2.45) is 0 Å². The van der Waals surface area contributed by atoms with Crippen LogP contribution in [-0.2, 0) is 0 Å². The molecule has 0 unspecified atom stereocenters. The third-order valence-corrected chi connectivity index (χ3v) is 3.05. The van der Waals surface area contributed by atoms with Gasteiger partial charge in [0.25, 0.3) is 0 Å². The maximum absolute atomic E-state index is 11.4. The third-order valence-electron chi connectivity index (χ3n) is 3.05. The third kappa shape index (κ3) is 2.84. The first kappa shape index (κ1) is 13.1. The lowest BCUT2D eigenvalue weighted by atomic mass is 10.2. The Balaban J connectivity index is 2.04. The van der Waals surface area contributed by atoms with Crippen LogP contribution in [0.25, 0.3) is 22.8 Å². The van der Waals surface area contributed by atoms with E-state index in [9.17, 15) is 4.79 Å². The predicted molar refractivity (Wildman–Crippen MR) is 80.7 cm³/mol. The van der Waals surface area contributed by atoms with E-state index in [4.69, 9.17) is 0 Å². The summed E-state index contributed by atoms with van der Waals surface area (Å²) in [4.78, 5) is 24.6. The fraction of sp³-hybridized carbons (Fsp3) is 0.0588. The highest BCUT2D eigenvalue weighted by molar-refractivity contribution is 5.92. The van der Waals surface area contributed by atoms with Crippen molar-refractivity contribution in [3.8, 4) is 22.8 Å². The minimum Gasteiger partial charge on any atom is -0.293 e. The van der Waals surface area contributed by atoms with E-state index in [1.54, 1.807) is 12.3 Å². The Hall–Kier alpha value is -2.88. The summed E-state index contributed by atoms with van der Waals surface area (Å²) < 4.78 is 0. The number of hydrogen-bond donors (Lipinski definition) is 0. The molecular formula is C17H13N3O. The fourth-order valence-electron chi connectivity index (χ4n) is 2.01. The Morgan fingerprint density at radius 3 is 2.05 bits per heavy atom. The van der Waals surface area contributed by atoms with Crippen LogP contribution in [0.5, 0.6) is 0 Å². The molecule has 0 saturated carbocycles. The van der Waals surface area contributed by atoms with E-state index < -0.39 is 0 Å². The number of rotatable bonds is 3. The highest BCUT2D eigenvalue weighted by Gasteiger charge is 2.07. The Labute approximate surface area is 122 Å². The van der Waals surface area contributed by atoms with Gasteiger partial charge in [-0.05, 0) is 36.4 Å². The van der Waals surface area contributed by atoms with Gasteiger partial charge in [0.2, 0.25) is 0 Å². The van der Waals surface area contributed by atoms with Crippen LogP contribution in [0.4, 0.5) is 0 Å². The van der Waals surface area contributed by atoms with Gasteiger partial charge in [-0.2, -0.15) is 0 Å². The Morgan fingerprint density at radius 1 is 0.762 bits per heavy atom. The van der Waals surface area contributed by atoms with Crippen LogP contribution in [-0.4, -0.2) is 20.7 Å². The average Bonchev–Trinajstić information content (AvgIpc) is 2.56. The first-order valence-electron chi connectivity index (χ1n) is 6.61. The van der Waals surface area contributed by atoms with E-state index in [1.807, 2.05) is 48.5 Å². The minimum absolute atomic E-state index is 0.0577. The van der Waals surface area contributed by atoms with Gasteiger partial charge in [0.05, 0.1) is 22.8 Å². The van der Waals surface area contributed by atoms with E-state index in [0.29, 0.717) is 11.4 Å². The summed E-state index contributed by atoms with van der Waals surface area (Å²) in [5.74, 6) is -0.0577. The van der Waals surface area contributed by atoms with Crippen molar-refractivity contribution in [2.75, 3.05) is 0 Å².